The van der Waals surface area contributed by atoms with Gasteiger partial charge in [0.1, 0.15) is 0 Å². The highest BCUT2D eigenvalue weighted by atomic mass is 16.2. The number of carbonyl (C=O) groups is 2. The molecule has 0 saturated carbocycles. The third-order valence-electron chi connectivity index (χ3n) is 4.17. The zero-order chi connectivity index (χ0) is 18.9. The van der Waals surface area contributed by atoms with Gasteiger partial charge in [0.25, 0.3) is 5.91 Å². The third-order valence-corrected chi connectivity index (χ3v) is 4.17. The van der Waals surface area contributed by atoms with Crippen molar-refractivity contribution in [3.63, 3.8) is 0 Å². The summed E-state index contributed by atoms with van der Waals surface area (Å²) in [6, 6.07) is 26.3. The van der Waals surface area contributed by atoms with Gasteiger partial charge in [0, 0.05) is 23.4 Å². The standard InChI is InChI=1S/C23H22N2O2/c26-22(13-7-10-18-8-3-1-4-9-18)24-20-14-16-21(17-15-20)25-23(27)19-11-5-2-6-12-19/h1-6,8-9,11-12,14-17H,7,10,13H2,(H,24,26)(H,25,27). The Hall–Kier alpha value is -3.40. The molecule has 3 aromatic carbocycles. The van der Waals surface area contributed by atoms with E-state index in [4.69, 9.17) is 0 Å². The van der Waals surface area contributed by atoms with Crippen LogP contribution in [0.4, 0.5) is 11.4 Å². The van der Waals surface area contributed by atoms with Crippen LogP contribution in [0.3, 0.4) is 0 Å². The fourth-order valence-corrected chi connectivity index (χ4v) is 2.75. The fraction of sp³-hybridized carbons (Fsp3) is 0.130. The number of anilines is 2. The minimum absolute atomic E-state index is 0.00741. The summed E-state index contributed by atoms with van der Waals surface area (Å²) in [5.74, 6) is -0.166. The molecule has 0 unspecified atom stereocenters. The second kappa shape index (κ2) is 9.34. The van der Waals surface area contributed by atoms with E-state index >= 15 is 0 Å². The molecule has 0 aliphatic carbocycles. The number of rotatable bonds is 7. The summed E-state index contributed by atoms with van der Waals surface area (Å²) in [6.07, 6.45) is 2.17. The Morgan fingerprint density at radius 1 is 0.667 bits per heavy atom. The van der Waals surface area contributed by atoms with Crippen molar-refractivity contribution in [2.24, 2.45) is 0 Å². The number of hydrogen-bond acceptors (Lipinski definition) is 2. The number of hydrogen-bond donors (Lipinski definition) is 2. The van der Waals surface area contributed by atoms with Gasteiger partial charge in [0.05, 0.1) is 0 Å². The van der Waals surface area contributed by atoms with Crippen LogP contribution in [-0.4, -0.2) is 11.8 Å². The van der Waals surface area contributed by atoms with E-state index in [0.29, 0.717) is 17.7 Å². The summed E-state index contributed by atoms with van der Waals surface area (Å²) in [5.41, 5.74) is 3.25. The van der Waals surface area contributed by atoms with E-state index in [2.05, 4.69) is 22.8 Å². The molecule has 0 heterocycles. The fourth-order valence-electron chi connectivity index (χ4n) is 2.75. The van der Waals surface area contributed by atoms with E-state index in [1.165, 1.54) is 5.56 Å². The molecule has 0 radical (unpaired) electrons. The Balaban J connectivity index is 1.45. The molecule has 4 heteroatoms. The van der Waals surface area contributed by atoms with Gasteiger partial charge in [-0.15, -0.1) is 0 Å². The van der Waals surface area contributed by atoms with E-state index in [9.17, 15) is 9.59 Å². The number of aryl methyl sites for hydroxylation is 1. The first-order valence-corrected chi connectivity index (χ1v) is 9.01. The summed E-state index contributed by atoms with van der Waals surface area (Å²) >= 11 is 0. The minimum atomic E-state index is -0.159. The number of amides is 2. The molecule has 0 fully saturated rings. The number of carbonyl (C=O) groups excluding carboxylic acids is 2. The maximum atomic E-state index is 12.1. The smallest absolute Gasteiger partial charge is 0.255 e. The van der Waals surface area contributed by atoms with Gasteiger partial charge >= 0.3 is 0 Å². The molecule has 0 atom stereocenters. The lowest BCUT2D eigenvalue weighted by Gasteiger charge is -2.08. The van der Waals surface area contributed by atoms with E-state index in [0.717, 1.165) is 18.5 Å². The first kappa shape index (κ1) is 18.4. The predicted molar refractivity (Wildman–Crippen MR) is 109 cm³/mol. The monoisotopic (exact) mass is 358 g/mol. The van der Waals surface area contributed by atoms with Crippen molar-refractivity contribution in [3.8, 4) is 0 Å². The molecule has 2 amide bonds. The van der Waals surface area contributed by atoms with Crippen LogP contribution in [0.1, 0.15) is 28.8 Å². The summed E-state index contributed by atoms with van der Waals surface area (Å²) < 4.78 is 0. The molecular weight excluding hydrogens is 336 g/mol. The molecule has 4 nitrogen and oxygen atoms in total. The molecule has 0 aromatic heterocycles. The largest absolute Gasteiger partial charge is 0.326 e. The van der Waals surface area contributed by atoms with Crippen molar-refractivity contribution >= 4 is 23.2 Å². The Morgan fingerprint density at radius 3 is 1.85 bits per heavy atom. The molecular formula is C23H22N2O2. The first-order chi connectivity index (χ1) is 13.2. The van der Waals surface area contributed by atoms with Gasteiger partial charge in [-0.2, -0.15) is 0 Å². The van der Waals surface area contributed by atoms with E-state index < -0.39 is 0 Å². The summed E-state index contributed by atoms with van der Waals surface area (Å²) in [7, 11) is 0. The molecule has 3 rings (SSSR count). The van der Waals surface area contributed by atoms with Crippen molar-refractivity contribution in [1.82, 2.24) is 0 Å². The van der Waals surface area contributed by atoms with Crippen LogP contribution >= 0.6 is 0 Å². The average molecular weight is 358 g/mol. The average Bonchev–Trinajstić information content (AvgIpc) is 2.71. The quantitative estimate of drug-likeness (QED) is 0.631. The van der Waals surface area contributed by atoms with Crippen LogP contribution in [-0.2, 0) is 11.2 Å². The summed E-state index contributed by atoms with van der Waals surface area (Å²) in [5, 5.41) is 5.73. The Labute approximate surface area is 159 Å². The normalized spacial score (nSPS) is 10.2. The zero-order valence-electron chi connectivity index (χ0n) is 15.0. The number of benzene rings is 3. The van der Waals surface area contributed by atoms with Gasteiger partial charge in [-0.1, -0.05) is 48.5 Å². The van der Waals surface area contributed by atoms with Crippen LogP contribution < -0.4 is 10.6 Å². The van der Waals surface area contributed by atoms with Crippen molar-refractivity contribution in [3.05, 3.63) is 96.1 Å². The van der Waals surface area contributed by atoms with Crippen LogP contribution in [0.5, 0.6) is 0 Å². The molecule has 0 aliphatic rings. The second-order valence-electron chi connectivity index (χ2n) is 6.28. The zero-order valence-corrected chi connectivity index (χ0v) is 15.0. The van der Waals surface area contributed by atoms with Crippen LogP contribution in [0.2, 0.25) is 0 Å². The van der Waals surface area contributed by atoms with Crippen molar-refractivity contribution in [1.29, 1.82) is 0 Å². The van der Waals surface area contributed by atoms with Crippen molar-refractivity contribution in [2.45, 2.75) is 19.3 Å². The molecule has 2 N–H and O–H groups in total. The van der Waals surface area contributed by atoms with E-state index in [-0.39, 0.29) is 11.8 Å². The third kappa shape index (κ3) is 5.82. The Kier molecular flexibility index (Phi) is 6.36. The molecule has 27 heavy (non-hydrogen) atoms. The van der Waals surface area contributed by atoms with Gasteiger partial charge in [0.15, 0.2) is 0 Å². The molecule has 0 spiro atoms. The van der Waals surface area contributed by atoms with Crippen LogP contribution in [0, 0.1) is 0 Å². The Bertz CT molecular complexity index is 875. The molecule has 0 saturated heterocycles. The SMILES string of the molecule is O=C(CCCc1ccccc1)Nc1ccc(NC(=O)c2ccccc2)cc1. The summed E-state index contributed by atoms with van der Waals surface area (Å²) in [4.78, 5) is 24.2. The maximum absolute atomic E-state index is 12.1. The first-order valence-electron chi connectivity index (χ1n) is 9.01. The van der Waals surface area contributed by atoms with Crippen LogP contribution in [0.25, 0.3) is 0 Å². The van der Waals surface area contributed by atoms with Gasteiger partial charge in [0.2, 0.25) is 5.91 Å². The van der Waals surface area contributed by atoms with E-state index in [1.54, 1.807) is 36.4 Å². The highest BCUT2D eigenvalue weighted by Gasteiger charge is 2.06. The van der Waals surface area contributed by atoms with Crippen molar-refractivity contribution < 1.29 is 9.59 Å². The maximum Gasteiger partial charge on any atom is 0.255 e. The molecule has 0 bridgehead atoms. The molecule has 0 aliphatic heterocycles. The Morgan fingerprint density at radius 2 is 1.22 bits per heavy atom. The highest BCUT2D eigenvalue weighted by Crippen LogP contribution is 2.15. The highest BCUT2D eigenvalue weighted by molar-refractivity contribution is 6.04. The minimum Gasteiger partial charge on any atom is -0.326 e. The number of nitrogens with one attached hydrogen (secondary N) is 2. The van der Waals surface area contributed by atoms with Crippen molar-refractivity contribution in [2.75, 3.05) is 10.6 Å². The lowest BCUT2D eigenvalue weighted by Crippen LogP contribution is -2.13. The molecule has 3 aromatic rings. The van der Waals surface area contributed by atoms with Gasteiger partial charge < -0.3 is 10.6 Å². The second-order valence-corrected chi connectivity index (χ2v) is 6.28. The van der Waals surface area contributed by atoms with Gasteiger partial charge in [-0.3, -0.25) is 9.59 Å². The van der Waals surface area contributed by atoms with Gasteiger partial charge in [-0.25, -0.2) is 0 Å². The van der Waals surface area contributed by atoms with Crippen LogP contribution in [0.15, 0.2) is 84.9 Å². The lowest BCUT2D eigenvalue weighted by molar-refractivity contribution is -0.116. The lowest BCUT2D eigenvalue weighted by atomic mass is 10.1. The summed E-state index contributed by atoms with van der Waals surface area (Å²) in [6.45, 7) is 0. The van der Waals surface area contributed by atoms with Gasteiger partial charge in [-0.05, 0) is 54.8 Å². The van der Waals surface area contributed by atoms with E-state index in [1.807, 2.05) is 36.4 Å². The molecule has 136 valence electrons. The predicted octanol–water partition coefficient (Wildman–Crippen LogP) is 4.90. The topological polar surface area (TPSA) is 58.2 Å².